The number of thiocarbonyl (C=S) groups is 1. The highest BCUT2D eigenvalue weighted by atomic mass is 32.1. The van der Waals surface area contributed by atoms with E-state index in [1.54, 1.807) is 6.92 Å². The van der Waals surface area contributed by atoms with Crippen LogP contribution >= 0.6 is 12.2 Å². The lowest BCUT2D eigenvalue weighted by molar-refractivity contribution is -0.133. The second kappa shape index (κ2) is 2.87. The van der Waals surface area contributed by atoms with E-state index in [4.69, 9.17) is 17.3 Å². The average Bonchev–Trinajstić information content (AvgIpc) is 1.85. The molecule has 1 aliphatic heterocycles. The molecule has 3 N–H and O–H groups in total. The molecule has 0 amide bonds. The summed E-state index contributed by atoms with van der Waals surface area (Å²) < 4.78 is 0. The number of aliphatic carboxylic acids is 1. The average molecular weight is 172 g/mol. The zero-order valence-electron chi connectivity index (χ0n) is 5.92. The molecule has 1 heterocycles. The summed E-state index contributed by atoms with van der Waals surface area (Å²) >= 11 is 4.76. The zero-order chi connectivity index (χ0) is 8.43. The van der Waals surface area contributed by atoms with E-state index in [0.717, 1.165) is 0 Å². The van der Waals surface area contributed by atoms with E-state index >= 15 is 0 Å². The summed E-state index contributed by atoms with van der Waals surface area (Å²) in [5.74, 6) is -0.931. The normalized spacial score (nSPS) is 23.2. The van der Waals surface area contributed by atoms with Crippen LogP contribution in [0, 0.1) is 0 Å². The Morgan fingerprint density at radius 1 is 1.82 bits per heavy atom. The molecule has 0 saturated heterocycles. The van der Waals surface area contributed by atoms with Crippen molar-refractivity contribution in [3.05, 3.63) is 11.8 Å². The highest BCUT2D eigenvalue weighted by Crippen LogP contribution is 2.04. The summed E-state index contributed by atoms with van der Waals surface area (Å²) in [5, 5.41) is 14.5. The topological polar surface area (TPSA) is 61.4 Å². The van der Waals surface area contributed by atoms with E-state index in [9.17, 15) is 4.79 Å². The van der Waals surface area contributed by atoms with Crippen LogP contribution in [0.1, 0.15) is 6.92 Å². The Morgan fingerprint density at radius 2 is 2.45 bits per heavy atom. The van der Waals surface area contributed by atoms with Crippen LogP contribution in [0.15, 0.2) is 11.8 Å². The van der Waals surface area contributed by atoms with Gasteiger partial charge in [0.1, 0.15) is 0 Å². The van der Waals surface area contributed by atoms with Gasteiger partial charge in [0.25, 0.3) is 0 Å². The predicted octanol–water partition coefficient (Wildman–Crippen LogP) is -0.179. The molecular formula is C6H8N2O2S. The van der Waals surface area contributed by atoms with Gasteiger partial charge in [0.15, 0.2) is 5.11 Å². The molecule has 0 bridgehead atoms. The maximum Gasteiger partial charge on any atom is 0.335 e. The predicted molar refractivity (Wildman–Crippen MR) is 44.1 cm³/mol. The Hall–Kier alpha value is -1.10. The van der Waals surface area contributed by atoms with Gasteiger partial charge in [-0.2, -0.15) is 0 Å². The monoisotopic (exact) mass is 172 g/mol. The number of carboxylic acids is 1. The number of nitrogens with one attached hydrogen (secondary N) is 2. The number of hydrogen-bond donors (Lipinski definition) is 3. The molecule has 4 nitrogen and oxygen atoms in total. The van der Waals surface area contributed by atoms with E-state index in [1.807, 2.05) is 0 Å². The Kier molecular flexibility index (Phi) is 2.09. The third-order valence-corrected chi connectivity index (χ3v) is 1.66. The van der Waals surface area contributed by atoms with Gasteiger partial charge in [0.05, 0.1) is 11.6 Å². The smallest absolute Gasteiger partial charge is 0.335 e. The second-order valence-electron chi connectivity index (χ2n) is 2.24. The number of carbonyl (C=O) groups is 1. The first-order valence-electron chi connectivity index (χ1n) is 3.11. The molecule has 0 saturated carbocycles. The first kappa shape index (κ1) is 8.00. The van der Waals surface area contributed by atoms with Gasteiger partial charge in [-0.1, -0.05) is 0 Å². The van der Waals surface area contributed by atoms with Gasteiger partial charge in [-0.15, -0.1) is 0 Å². The van der Waals surface area contributed by atoms with Gasteiger partial charge >= 0.3 is 5.97 Å². The molecule has 1 atom stereocenters. The first-order chi connectivity index (χ1) is 5.11. The number of hydrogen-bond acceptors (Lipinski definition) is 2. The van der Waals surface area contributed by atoms with Crippen LogP contribution in [-0.2, 0) is 4.79 Å². The summed E-state index contributed by atoms with van der Waals surface area (Å²) in [6.45, 7) is 1.74. The van der Waals surface area contributed by atoms with Crippen LogP contribution in [-0.4, -0.2) is 22.2 Å². The van der Waals surface area contributed by atoms with E-state index in [2.05, 4.69) is 10.6 Å². The third-order valence-electron chi connectivity index (χ3n) is 1.42. The Balaban J connectivity index is 2.80. The molecule has 60 valence electrons. The van der Waals surface area contributed by atoms with Crippen LogP contribution in [0.5, 0.6) is 0 Å². The van der Waals surface area contributed by atoms with Gasteiger partial charge < -0.3 is 15.7 Å². The van der Waals surface area contributed by atoms with Crippen LogP contribution in [0.25, 0.3) is 0 Å². The maximum absolute atomic E-state index is 10.5. The van der Waals surface area contributed by atoms with E-state index in [1.165, 1.54) is 6.20 Å². The summed E-state index contributed by atoms with van der Waals surface area (Å²) in [7, 11) is 0. The standard InChI is InChI=1S/C6H8N2O2S/c1-3-4(5(9)10)2-7-6(11)8-3/h2-3H,1H3,(H,9,10)(H2,7,8,11). The molecule has 0 aromatic rings. The summed E-state index contributed by atoms with van der Waals surface area (Å²) in [5.41, 5.74) is 0.290. The summed E-state index contributed by atoms with van der Waals surface area (Å²) in [6, 6.07) is -0.221. The minimum Gasteiger partial charge on any atom is -0.478 e. The lowest BCUT2D eigenvalue weighted by Crippen LogP contribution is -2.45. The molecule has 5 heteroatoms. The molecule has 1 rings (SSSR count). The van der Waals surface area contributed by atoms with Crippen LogP contribution < -0.4 is 10.6 Å². The highest BCUT2D eigenvalue weighted by molar-refractivity contribution is 7.80. The fraction of sp³-hybridized carbons (Fsp3) is 0.333. The number of carboxylic acid groups (broad SMARTS) is 1. The molecule has 1 aliphatic rings. The van der Waals surface area contributed by atoms with Gasteiger partial charge in [0, 0.05) is 6.20 Å². The molecule has 1 unspecified atom stereocenters. The van der Waals surface area contributed by atoms with Crippen LogP contribution in [0.4, 0.5) is 0 Å². The molecular weight excluding hydrogens is 164 g/mol. The molecule has 11 heavy (non-hydrogen) atoms. The van der Waals surface area contributed by atoms with Gasteiger partial charge in [-0.25, -0.2) is 4.79 Å². The van der Waals surface area contributed by atoms with E-state index in [0.29, 0.717) is 10.7 Å². The Labute approximate surface area is 69.3 Å². The maximum atomic E-state index is 10.5. The number of rotatable bonds is 1. The minimum atomic E-state index is -0.931. The van der Waals surface area contributed by atoms with Crippen molar-refractivity contribution in [2.24, 2.45) is 0 Å². The summed E-state index contributed by atoms with van der Waals surface area (Å²) in [6.07, 6.45) is 1.41. The molecule has 0 aromatic heterocycles. The molecule has 0 spiro atoms. The summed E-state index contributed by atoms with van der Waals surface area (Å²) in [4.78, 5) is 10.5. The Bertz CT molecular complexity index is 237. The van der Waals surface area contributed by atoms with Crippen molar-refractivity contribution in [2.75, 3.05) is 0 Å². The molecule has 0 aliphatic carbocycles. The van der Waals surface area contributed by atoms with E-state index in [-0.39, 0.29) is 6.04 Å². The van der Waals surface area contributed by atoms with Crippen molar-refractivity contribution < 1.29 is 9.90 Å². The van der Waals surface area contributed by atoms with Crippen LogP contribution in [0.2, 0.25) is 0 Å². The largest absolute Gasteiger partial charge is 0.478 e. The molecule has 0 fully saturated rings. The molecule has 0 radical (unpaired) electrons. The molecule has 0 aromatic carbocycles. The van der Waals surface area contributed by atoms with Crippen molar-refractivity contribution >= 4 is 23.3 Å². The fourth-order valence-corrected chi connectivity index (χ4v) is 1.07. The quantitative estimate of drug-likeness (QED) is 0.479. The minimum absolute atomic E-state index is 0.221. The second-order valence-corrected chi connectivity index (χ2v) is 2.65. The van der Waals surface area contributed by atoms with Gasteiger partial charge in [-0.05, 0) is 19.1 Å². The van der Waals surface area contributed by atoms with Crippen molar-refractivity contribution in [3.8, 4) is 0 Å². The lowest BCUT2D eigenvalue weighted by atomic mass is 10.1. The van der Waals surface area contributed by atoms with Crippen molar-refractivity contribution in [3.63, 3.8) is 0 Å². The van der Waals surface area contributed by atoms with Gasteiger partial charge in [0.2, 0.25) is 0 Å². The van der Waals surface area contributed by atoms with Gasteiger partial charge in [-0.3, -0.25) is 0 Å². The van der Waals surface area contributed by atoms with Crippen LogP contribution in [0.3, 0.4) is 0 Å². The SMILES string of the molecule is CC1NC(=S)NC=C1C(=O)O. The third kappa shape index (κ3) is 1.68. The zero-order valence-corrected chi connectivity index (χ0v) is 6.73. The lowest BCUT2D eigenvalue weighted by Gasteiger charge is -2.21. The van der Waals surface area contributed by atoms with Crippen molar-refractivity contribution in [1.82, 2.24) is 10.6 Å². The Morgan fingerprint density at radius 3 is 2.91 bits per heavy atom. The van der Waals surface area contributed by atoms with Crippen molar-refractivity contribution in [1.29, 1.82) is 0 Å². The fourth-order valence-electron chi connectivity index (χ4n) is 0.831. The van der Waals surface area contributed by atoms with E-state index < -0.39 is 5.97 Å². The van der Waals surface area contributed by atoms with Crippen molar-refractivity contribution in [2.45, 2.75) is 13.0 Å². The first-order valence-corrected chi connectivity index (χ1v) is 3.52. The highest BCUT2D eigenvalue weighted by Gasteiger charge is 2.19.